The Bertz CT molecular complexity index is 2550. The molecule has 0 amide bonds. The number of ketones is 2. The lowest BCUT2D eigenvalue weighted by Gasteiger charge is -2.46. The number of benzene rings is 2. The summed E-state index contributed by atoms with van der Waals surface area (Å²) in [5.74, 6) is -5.51. The van der Waals surface area contributed by atoms with Gasteiger partial charge < -0.3 is 108 Å². The van der Waals surface area contributed by atoms with Gasteiger partial charge in [-0.2, -0.15) is 0 Å². The standard InChI is InChI=1S/C55H78O26/c1-20(56)44(61)50(67)52(69-10)31-13-29-11-28-12-30(77-38-18-36(51(24(5)73-38)75-26(7)57)80-37-15-33(60)45(62)21(2)70-37)14-32(59)42(28)48(65)43(29)49(66)53(31)81-40-17-34(46(63)23(4)72-40)78-39-16-35(47(64)22(3)71-39)79-41-19-55(9,68)54(25(6)74-41)76-27(8)58/h11-12,14,20-25,31,33-41,44-47,51-54,56,59-65,68H,13,15-19H2,1-10H3/t20-,21-,22-,23-,24-,25+,31?,33-,34-,35-,36-,37-,38+,39+,40-,41+,44+,45+,46-,47-,51+,52+,53+,54+,55-/m1/s1. The second-order valence-electron chi connectivity index (χ2n) is 22.5. The zero-order valence-electron chi connectivity index (χ0n) is 46.8. The molecule has 26 nitrogen and oxygen atoms in total. The van der Waals surface area contributed by atoms with E-state index in [4.69, 9.17) is 61.6 Å². The van der Waals surface area contributed by atoms with Crippen molar-refractivity contribution in [2.24, 2.45) is 5.92 Å². The number of phenols is 2. The first-order valence-corrected chi connectivity index (χ1v) is 27.4. The Kier molecular flexibility index (Phi) is 19.8. The molecule has 0 radical (unpaired) electrons. The molecule has 0 aromatic heterocycles. The highest BCUT2D eigenvalue weighted by Crippen LogP contribution is 2.46. The van der Waals surface area contributed by atoms with E-state index in [-0.39, 0.29) is 66.2 Å². The van der Waals surface area contributed by atoms with E-state index in [0.717, 1.165) is 0 Å². The summed E-state index contributed by atoms with van der Waals surface area (Å²) < 4.78 is 78.0. The number of methoxy groups -OCH3 is 1. The Balaban J connectivity index is 1.03. The normalized spacial score (nSPS) is 40.4. The molecule has 5 aliphatic heterocycles. The fourth-order valence-electron chi connectivity index (χ4n) is 11.9. The third kappa shape index (κ3) is 13.8. The van der Waals surface area contributed by atoms with E-state index < -0.39 is 188 Å². The topological polar surface area (TPSA) is 370 Å². The minimum atomic E-state index is -1.96. The van der Waals surface area contributed by atoms with E-state index in [9.17, 15) is 60.3 Å². The van der Waals surface area contributed by atoms with Crippen LogP contribution in [-0.2, 0) is 77.6 Å². The van der Waals surface area contributed by atoms with Crippen LogP contribution in [0.2, 0.25) is 0 Å². The van der Waals surface area contributed by atoms with Crippen molar-refractivity contribution >= 4 is 34.3 Å². The van der Waals surface area contributed by atoms with Crippen molar-refractivity contribution in [2.75, 3.05) is 7.11 Å². The highest BCUT2D eigenvalue weighted by Gasteiger charge is 2.52. The number of aromatic hydroxyl groups is 2. The number of aliphatic hydroxyl groups is 7. The number of hydrogen-bond acceptors (Lipinski definition) is 26. The van der Waals surface area contributed by atoms with Crippen molar-refractivity contribution in [3.8, 4) is 17.2 Å². The lowest BCUT2D eigenvalue weighted by molar-refractivity contribution is -0.334. The van der Waals surface area contributed by atoms with Gasteiger partial charge in [0.25, 0.3) is 0 Å². The average molecular weight is 1160 g/mol. The van der Waals surface area contributed by atoms with E-state index in [1.165, 1.54) is 59.9 Å². The lowest BCUT2D eigenvalue weighted by atomic mass is 9.75. The van der Waals surface area contributed by atoms with Gasteiger partial charge in [0, 0.05) is 65.0 Å². The number of ether oxygens (including phenoxy) is 13. The molecule has 5 saturated heterocycles. The first kappa shape index (κ1) is 62.7. The van der Waals surface area contributed by atoms with Gasteiger partial charge in [0.1, 0.15) is 65.6 Å². The van der Waals surface area contributed by atoms with Crippen LogP contribution in [0.15, 0.2) is 18.2 Å². The summed E-state index contributed by atoms with van der Waals surface area (Å²) >= 11 is 0. The number of phenolic OH excluding ortho intramolecular Hbond substituents is 2. The van der Waals surface area contributed by atoms with Crippen LogP contribution in [0.5, 0.6) is 17.2 Å². The largest absolute Gasteiger partial charge is 0.507 e. The Labute approximate surface area is 467 Å². The molecule has 6 aliphatic rings. The van der Waals surface area contributed by atoms with E-state index in [1.54, 1.807) is 27.7 Å². The van der Waals surface area contributed by atoms with Gasteiger partial charge >= 0.3 is 11.9 Å². The van der Waals surface area contributed by atoms with E-state index >= 15 is 4.79 Å². The summed E-state index contributed by atoms with van der Waals surface area (Å²) in [5.41, 5.74) is -1.67. The van der Waals surface area contributed by atoms with E-state index in [2.05, 4.69) is 0 Å². The number of carbonyl (C=O) groups is 4. The predicted molar refractivity (Wildman–Crippen MR) is 273 cm³/mol. The van der Waals surface area contributed by atoms with Gasteiger partial charge in [-0.15, -0.1) is 0 Å². The molecule has 2 aromatic carbocycles. The molecule has 25 atom stereocenters. The van der Waals surface area contributed by atoms with Crippen molar-refractivity contribution in [3.63, 3.8) is 0 Å². The van der Waals surface area contributed by atoms with Crippen LogP contribution < -0.4 is 4.74 Å². The van der Waals surface area contributed by atoms with Crippen LogP contribution in [0, 0.1) is 5.92 Å². The molecule has 1 unspecified atom stereocenters. The van der Waals surface area contributed by atoms with Gasteiger partial charge in [0.2, 0.25) is 6.29 Å². The molecular weight excluding hydrogens is 1080 g/mol. The van der Waals surface area contributed by atoms with Crippen molar-refractivity contribution in [2.45, 2.75) is 248 Å². The maximum absolute atomic E-state index is 15.0. The van der Waals surface area contributed by atoms with E-state index in [0.29, 0.717) is 0 Å². The van der Waals surface area contributed by atoms with Crippen LogP contribution in [0.1, 0.15) is 110 Å². The maximum atomic E-state index is 15.0. The molecule has 26 heteroatoms. The number of carbonyl (C=O) groups excluding carboxylic acids is 4. The first-order valence-electron chi connectivity index (χ1n) is 27.4. The molecule has 9 N–H and O–H groups in total. The molecule has 0 spiro atoms. The van der Waals surface area contributed by atoms with Crippen molar-refractivity contribution in [1.82, 2.24) is 0 Å². The predicted octanol–water partition coefficient (Wildman–Crippen LogP) is 0.584. The molecule has 5 fully saturated rings. The summed E-state index contributed by atoms with van der Waals surface area (Å²) in [6.45, 7) is 13.0. The highest BCUT2D eigenvalue weighted by atomic mass is 16.7. The Morgan fingerprint density at radius 3 is 1.78 bits per heavy atom. The molecule has 8 rings (SSSR count). The minimum absolute atomic E-state index is 0.0277. The molecule has 2 aromatic rings. The Hall–Kier alpha value is -4.30. The molecular formula is C55H78O26. The lowest BCUT2D eigenvalue weighted by Crippen LogP contribution is -2.59. The van der Waals surface area contributed by atoms with Gasteiger partial charge in [-0.05, 0) is 78.0 Å². The number of aliphatic hydroxyl groups excluding tert-OH is 6. The van der Waals surface area contributed by atoms with Crippen LogP contribution in [-0.4, -0.2) is 223 Å². The zero-order chi connectivity index (χ0) is 59.3. The van der Waals surface area contributed by atoms with Gasteiger partial charge in [0.05, 0.1) is 65.9 Å². The fraction of sp³-hybridized carbons (Fsp3) is 0.745. The average Bonchev–Trinajstić information content (AvgIpc) is 3.56. The van der Waals surface area contributed by atoms with Crippen molar-refractivity contribution < 1.29 is 127 Å². The molecule has 0 bridgehead atoms. The third-order valence-electron chi connectivity index (χ3n) is 16.0. The maximum Gasteiger partial charge on any atom is 0.303 e. The Morgan fingerprint density at radius 2 is 1.21 bits per heavy atom. The third-order valence-corrected chi connectivity index (χ3v) is 16.0. The summed E-state index contributed by atoms with van der Waals surface area (Å²) in [6.07, 6.45) is -27.3. The molecule has 454 valence electrons. The van der Waals surface area contributed by atoms with Crippen molar-refractivity contribution in [1.29, 1.82) is 0 Å². The molecule has 81 heavy (non-hydrogen) atoms. The van der Waals surface area contributed by atoms with Crippen LogP contribution >= 0.6 is 0 Å². The second-order valence-corrected chi connectivity index (χ2v) is 22.5. The SMILES string of the molecule is CO[C@H](C(=O)[C@@H](O)[C@@H](C)O)C1Cc2cc3cc(O[C@H]4C[C@@H](O[C@@H]5C[C@@H](O)[C@@H](O)[C@@H](C)O5)[C@@H](OC(C)=O)[C@@H](C)O4)cc(O)c3c(O)c2C(=O)[C@H]1O[C@@H]1C[C@@H](O[C@H]2C[C@@H](O[C@H]3C[C@@](C)(O)[C@@H](OC(C)=O)[C@H](C)O3)[C@H](O)[C@@H](C)O2)[C@H](O)[C@@H](C)O1. The van der Waals surface area contributed by atoms with Gasteiger partial charge in [-0.1, -0.05) is 0 Å². The van der Waals surface area contributed by atoms with Gasteiger partial charge in [0.15, 0.2) is 48.9 Å². The molecule has 0 saturated carbocycles. The van der Waals surface area contributed by atoms with Crippen LogP contribution in [0.3, 0.4) is 0 Å². The Morgan fingerprint density at radius 1 is 0.679 bits per heavy atom. The smallest absolute Gasteiger partial charge is 0.303 e. The second kappa shape index (κ2) is 25.5. The number of esters is 2. The van der Waals surface area contributed by atoms with Crippen LogP contribution in [0.4, 0.5) is 0 Å². The summed E-state index contributed by atoms with van der Waals surface area (Å²) in [4.78, 5) is 52.9. The first-order chi connectivity index (χ1) is 38.0. The van der Waals surface area contributed by atoms with Crippen LogP contribution in [0.25, 0.3) is 10.8 Å². The monoisotopic (exact) mass is 1150 g/mol. The quantitative estimate of drug-likeness (QED) is 0.0979. The van der Waals surface area contributed by atoms with Gasteiger partial charge in [-0.3, -0.25) is 19.2 Å². The number of Topliss-reactive ketones (excluding diaryl/α,β-unsaturated/α-hetero) is 2. The van der Waals surface area contributed by atoms with E-state index in [1.807, 2.05) is 0 Å². The zero-order valence-corrected chi connectivity index (χ0v) is 46.8. The molecule has 1 aliphatic carbocycles. The van der Waals surface area contributed by atoms with Gasteiger partial charge in [-0.25, -0.2) is 0 Å². The minimum Gasteiger partial charge on any atom is -0.507 e. The number of hydrogen-bond donors (Lipinski definition) is 9. The summed E-state index contributed by atoms with van der Waals surface area (Å²) in [7, 11) is 1.17. The number of fused-ring (bicyclic) bond motifs is 2. The number of rotatable bonds is 17. The van der Waals surface area contributed by atoms with Crippen molar-refractivity contribution in [3.05, 3.63) is 29.3 Å². The fourth-order valence-corrected chi connectivity index (χ4v) is 11.9. The summed E-state index contributed by atoms with van der Waals surface area (Å²) in [5, 5.41) is 99.3. The molecule has 5 heterocycles. The summed E-state index contributed by atoms with van der Waals surface area (Å²) in [6, 6.07) is 4.15. The highest BCUT2D eigenvalue weighted by molar-refractivity contribution is 6.11.